The van der Waals surface area contributed by atoms with E-state index in [-0.39, 0.29) is 38.6 Å². The number of aliphatic carboxylic acids is 1. The Morgan fingerprint density at radius 3 is 1.46 bits per heavy atom. The predicted molar refractivity (Wildman–Crippen MR) is 242 cm³/mol. The van der Waals surface area contributed by atoms with Gasteiger partial charge in [-0.05, 0) is 77.0 Å². The van der Waals surface area contributed by atoms with Crippen LogP contribution in [0.2, 0.25) is 0 Å². The molecule has 0 bridgehead atoms. The van der Waals surface area contributed by atoms with Gasteiger partial charge in [-0.2, -0.15) is 0 Å². The summed E-state index contributed by atoms with van der Waals surface area (Å²) in [6.07, 6.45) is 46.8. The molecule has 0 fully saturated rings. The van der Waals surface area contributed by atoms with E-state index in [2.05, 4.69) is 74.6 Å². The van der Waals surface area contributed by atoms with Gasteiger partial charge in [0, 0.05) is 12.8 Å². The van der Waals surface area contributed by atoms with Gasteiger partial charge in [-0.3, -0.25) is 9.59 Å². The maximum atomic E-state index is 12.8. The molecule has 0 saturated heterocycles. The molecule has 0 N–H and O–H groups in total. The highest BCUT2D eigenvalue weighted by atomic mass is 16.7. The SMILES string of the molecule is CC/C=C\C/C=C\C/C=C\C/C=C\CCCCCCC(=O)OC(COC(=O)CCCCCCCCC/C=C\CCCCCCCC)COC(OCC[N+](C)(C)C)C(=O)[O-]. The molecular formula is C50H87NO8. The van der Waals surface area contributed by atoms with Crippen molar-refractivity contribution in [3.63, 3.8) is 0 Å². The zero-order chi connectivity index (χ0) is 43.5. The summed E-state index contributed by atoms with van der Waals surface area (Å²) in [5, 5.41) is 11.7. The number of carboxylic acid groups (broad SMARTS) is 1. The number of unbranched alkanes of at least 4 members (excludes halogenated alkanes) is 17. The van der Waals surface area contributed by atoms with Crippen molar-refractivity contribution >= 4 is 17.9 Å². The number of carboxylic acids is 1. The van der Waals surface area contributed by atoms with Crippen molar-refractivity contribution in [2.24, 2.45) is 0 Å². The van der Waals surface area contributed by atoms with E-state index in [9.17, 15) is 19.5 Å². The first kappa shape index (κ1) is 56.0. The molecule has 0 amide bonds. The van der Waals surface area contributed by atoms with E-state index in [0.29, 0.717) is 17.4 Å². The smallest absolute Gasteiger partial charge is 0.306 e. The maximum absolute atomic E-state index is 12.8. The second-order valence-electron chi connectivity index (χ2n) is 16.7. The van der Waals surface area contributed by atoms with Crippen molar-refractivity contribution in [3.05, 3.63) is 60.8 Å². The van der Waals surface area contributed by atoms with Gasteiger partial charge in [0.1, 0.15) is 13.2 Å². The Morgan fingerprint density at radius 1 is 0.525 bits per heavy atom. The van der Waals surface area contributed by atoms with Crippen LogP contribution < -0.4 is 5.11 Å². The molecular weight excluding hydrogens is 743 g/mol. The number of likely N-dealkylation sites (N-methyl/N-ethyl adjacent to an activating group) is 1. The van der Waals surface area contributed by atoms with Crippen molar-refractivity contribution in [2.75, 3.05) is 47.5 Å². The van der Waals surface area contributed by atoms with Crippen LogP contribution >= 0.6 is 0 Å². The molecule has 0 aliphatic rings. The van der Waals surface area contributed by atoms with Crippen LogP contribution in [0.5, 0.6) is 0 Å². The van der Waals surface area contributed by atoms with Crippen molar-refractivity contribution in [3.8, 4) is 0 Å². The quantitative estimate of drug-likeness (QED) is 0.0197. The van der Waals surface area contributed by atoms with Crippen molar-refractivity contribution in [2.45, 2.75) is 193 Å². The minimum Gasteiger partial charge on any atom is -0.545 e. The Bertz CT molecular complexity index is 1150. The van der Waals surface area contributed by atoms with Gasteiger partial charge in [0.25, 0.3) is 0 Å². The number of carbonyl (C=O) groups excluding carboxylic acids is 3. The van der Waals surface area contributed by atoms with E-state index in [0.717, 1.165) is 83.5 Å². The maximum Gasteiger partial charge on any atom is 0.306 e. The van der Waals surface area contributed by atoms with Crippen LogP contribution in [0.25, 0.3) is 0 Å². The van der Waals surface area contributed by atoms with Gasteiger partial charge in [-0.25, -0.2) is 0 Å². The van der Waals surface area contributed by atoms with Crippen molar-refractivity contribution in [1.29, 1.82) is 0 Å². The normalized spacial score (nSPS) is 13.4. The fourth-order valence-electron chi connectivity index (χ4n) is 6.11. The van der Waals surface area contributed by atoms with Crippen LogP contribution in [-0.2, 0) is 33.3 Å². The van der Waals surface area contributed by atoms with E-state index in [1.54, 1.807) is 0 Å². The Morgan fingerprint density at radius 2 is 0.966 bits per heavy atom. The largest absolute Gasteiger partial charge is 0.545 e. The lowest BCUT2D eigenvalue weighted by Gasteiger charge is -2.26. The van der Waals surface area contributed by atoms with Gasteiger partial charge in [0.15, 0.2) is 12.4 Å². The average Bonchev–Trinajstić information content (AvgIpc) is 3.19. The first-order valence-corrected chi connectivity index (χ1v) is 23.4. The van der Waals surface area contributed by atoms with Gasteiger partial charge < -0.3 is 33.3 Å². The van der Waals surface area contributed by atoms with Crippen LogP contribution in [0.3, 0.4) is 0 Å². The highest BCUT2D eigenvalue weighted by Gasteiger charge is 2.21. The van der Waals surface area contributed by atoms with Crippen LogP contribution in [-0.4, -0.2) is 82.3 Å². The van der Waals surface area contributed by atoms with Crippen LogP contribution in [0, 0.1) is 0 Å². The minimum absolute atomic E-state index is 0.139. The number of allylic oxidation sites excluding steroid dienone is 10. The van der Waals surface area contributed by atoms with Gasteiger partial charge in [0.05, 0.1) is 40.3 Å². The number of quaternary nitrogens is 1. The second kappa shape index (κ2) is 41.7. The van der Waals surface area contributed by atoms with Crippen LogP contribution in [0.1, 0.15) is 181 Å². The number of esters is 2. The molecule has 0 saturated carbocycles. The third kappa shape index (κ3) is 42.9. The molecule has 0 heterocycles. The predicted octanol–water partition coefficient (Wildman–Crippen LogP) is 11.2. The molecule has 59 heavy (non-hydrogen) atoms. The molecule has 9 nitrogen and oxygen atoms in total. The van der Waals surface area contributed by atoms with Gasteiger partial charge in [-0.1, -0.05) is 152 Å². The first-order chi connectivity index (χ1) is 28.6. The highest BCUT2D eigenvalue weighted by molar-refractivity contribution is 5.70. The van der Waals surface area contributed by atoms with E-state index in [4.69, 9.17) is 18.9 Å². The lowest BCUT2D eigenvalue weighted by Crippen LogP contribution is -2.44. The highest BCUT2D eigenvalue weighted by Crippen LogP contribution is 2.13. The van der Waals surface area contributed by atoms with Crippen molar-refractivity contribution in [1.82, 2.24) is 0 Å². The zero-order valence-electron chi connectivity index (χ0n) is 38.4. The number of carbonyl (C=O) groups is 3. The van der Waals surface area contributed by atoms with Crippen LogP contribution in [0.15, 0.2) is 60.8 Å². The van der Waals surface area contributed by atoms with E-state index < -0.39 is 24.3 Å². The van der Waals surface area contributed by atoms with Crippen molar-refractivity contribution < 1.29 is 42.9 Å². The Kier molecular flexibility index (Phi) is 39.6. The molecule has 0 aromatic rings. The molecule has 0 spiro atoms. The van der Waals surface area contributed by atoms with Crippen LogP contribution in [0.4, 0.5) is 0 Å². The average molecular weight is 830 g/mol. The molecule has 340 valence electrons. The summed E-state index contributed by atoms with van der Waals surface area (Å²) in [5.41, 5.74) is 0. The lowest BCUT2D eigenvalue weighted by atomic mass is 10.1. The minimum atomic E-state index is -1.63. The molecule has 0 aliphatic heterocycles. The molecule has 0 aromatic carbocycles. The molecule has 0 aromatic heterocycles. The molecule has 2 unspecified atom stereocenters. The molecule has 2 atom stereocenters. The lowest BCUT2D eigenvalue weighted by molar-refractivity contribution is -0.870. The summed E-state index contributed by atoms with van der Waals surface area (Å²) >= 11 is 0. The van der Waals surface area contributed by atoms with E-state index in [1.165, 1.54) is 64.2 Å². The summed E-state index contributed by atoms with van der Waals surface area (Å²) < 4.78 is 22.5. The number of ether oxygens (including phenoxy) is 4. The summed E-state index contributed by atoms with van der Waals surface area (Å²) in [4.78, 5) is 37.0. The number of nitrogens with zero attached hydrogens (tertiary/aromatic N) is 1. The fraction of sp³-hybridized carbons (Fsp3) is 0.740. The first-order valence-electron chi connectivity index (χ1n) is 23.4. The van der Waals surface area contributed by atoms with E-state index >= 15 is 0 Å². The Labute approximate surface area is 361 Å². The molecule has 9 heteroatoms. The number of hydrogen-bond donors (Lipinski definition) is 0. The number of rotatable bonds is 42. The third-order valence-electron chi connectivity index (χ3n) is 9.75. The second-order valence-corrected chi connectivity index (χ2v) is 16.7. The molecule has 0 aliphatic carbocycles. The summed E-state index contributed by atoms with van der Waals surface area (Å²) in [6.45, 7) is 4.58. The fourth-order valence-corrected chi connectivity index (χ4v) is 6.11. The topological polar surface area (TPSA) is 111 Å². The summed E-state index contributed by atoms with van der Waals surface area (Å²) in [7, 11) is 5.89. The third-order valence-corrected chi connectivity index (χ3v) is 9.75. The molecule has 0 radical (unpaired) electrons. The van der Waals surface area contributed by atoms with Gasteiger partial charge in [0.2, 0.25) is 0 Å². The Hall–Kier alpha value is -3.01. The number of hydrogen-bond acceptors (Lipinski definition) is 8. The van der Waals surface area contributed by atoms with E-state index in [1.807, 2.05) is 21.1 Å². The zero-order valence-corrected chi connectivity index (χ0v) is 38.4. The van der Waals surface area contributed by atoms with Gasteiger partial charge >= 0.3 is 11.9 Å². The standard InChI is InChI=1S/C50H87NO8/c1-6-8-10-12-14-16-18-20-22-24-26-28-30-32-34-36-38-40-47(52)57-44-46(45-58-50(49(54)55)56-43-42-51(3,4)5)59-48(53)41-39-37-35-33-31-29-27-25-23-21-19-17-15-13-11-9-7-2/h9,11,15,17,20-23,27,29,46,50H,6-8,10,12-14,16,18-19,24-26,28,30-45H2,1-5H3/b11-9-,17-15-,22-20-,23-21-,29-27-. The summed E-state index contributed by atoms with van der Waals surface area (Å²) in [5.74, 6) is -2.33. The van der Waals surface area contributed by atoms with Gasteiger partial charge in [-0.15, -0.1) is 0 Å². The monoisotopic (exact) mass is 830 g/mol. The Balaban J connectivity index is 4.47. The summed E-state index contributed by atoms with van der Waals surface area (Å²) in [6, 6.07) is 0. The molecule has 0 rings (SSSR count).